The first-order valence-electron chi connectivity index (χ1n) is 7.43. The highest BCUT2D eigenvalue weighted by Gasteiger charge is 2.53. The first-order valence-corrected chi connectivity index (χ1v) is 7.80. The standard InChI is InChI=1S/C14H21BClN3O2/c1-13(2)14(3,4)21-15(20-13)10-11(16)17-9-18-12(10)19-7-5-6-8-19/h9H,5-8H2,1-4H3. The van der Waals surface area contributed by atoms with Crippen molar-refractivity contribution in [2.45, 2.75) is 51.7 Å². The van der Waals surface area contributed by atoms with Gasteiger partial charge in [-0.1, -0.05) is 11.6 Å². The van der Waals surface area contributed by atoms with Crippen molar-refractivity contribution in [2.75, 3.05) is 18.0 Å². The van der Waals surface area contributed by atoms with Crippen LogP contribution in [0.2, 0.25) is 5.15 Å². The Morgan fingerprint density at radius 3 is 2.24 bits per heavy atom. The van der Waals surface area contributed by atoms with Crippen molar-refractivity contribution in [1.82, 2.24) is 9.97 Å². The van der Waals surface area contributed by atoms with Gasteiger partial charge in [-0.25, -0.2) is 9.97 Å². The lowest BCUT2D eigenvalue weighted by atomic mass is 9.80. The van der Waals surface area contributed by atoms with Gasteiger partial charge in [-0.3, -0.25) is 0 Å². The van der Waals surface area contributed by atoms with Crippen LogP contribution in [0.5, 0.6) is 0 Å². The Hall–Kier alpha value is -0.845. The van der Waals surface area contributed by atoms with Crippen molar-refractivity contribution < 1.29 is 9.31 Å². The van der Waals surface area contributed by atoms with Gasteiger partial charge in [0.15, 0.2) is 0 Å². The molecule has 114 valence electrons. The summed E-state index contributed by atoms with van der Waals surface area (Å²) in [5.41, 5.74) is -0.0576. The minimum atomic E-state index is -0.528. The molecule has 0 aliphatic carbocycles. The zero-order chi connectivity index (χ0) is 15.3. The Labute approximate surface area is 131 Å². The Morgan fingerprint density at radius 1 is 1.10 bits per heavy atom. The molecule has 2 aliphatic rings. The number of rotatable bonds is 2. The third kappa shape index (κ3) is 2.54. The van der Waals surface area contributed by atoms with Crippen LogP contribution in [0, 0.1) is 0 Å². The van der Waals surface area contributed by atoms with Gasteiger partial charge in [0.05, 0.1) is 16.7 Å². The second-order valence-electron chi connectivity index (χ2n) is 6.68. The minimum Gasteiger partial charge on any atom is -0.399 e. The number of halogens is 1. The molecule has 3 rings (SSSR count). The van der Waals surface area contributed by atoms with Crippen LogP contribution in [0.1, 0.15) is 40.5 Å². The lowest BCUT2D eigenvalue weighted by Gasteiger charge is -2.32. The van der Waals surface area contributed by atoms with Crippen LogP contribution in [-0.4, -0.2) is 41.4 Å². The molecule has 5 nitrogen and oxygen atoms in total. The van der Waals surface area contributed by atoms with E-state index in [-0.39, 0.29) is 0 Å². The summed E-state index contributed by atoms with van der Waals surface area (Å²) >= 11 is 6.34. The molecule has 1 aromatic heterocycles. The van der Waals surface area contributed by atoms with Gasteiger partial charge in [0.2, 0.25) is 0 Å². The van der Waals surface area contributed by atoms with Gasteiger partial charge in [0.1, 0.15) is 17.3 Å². The summed E-state index contributed by atoms with van der Waals surface area (Å²) in [7, 11) is -0.528. The van der Waals surface area contributed by atoms with Gasteiger partial charge in [-0.15, -0.1) is 0 Å². The Balaban J connectivity index is 1.99. The largest absolute Gasteiger partial charge is 0.501 e. The average Bonchev–Trinajstić information content (AvgIpc) is 2.96. The predicted octanol–water partition coefficient (Wildman–Crippen LogP) is 2.03. The molecule has 0 unspecified atom stereocenters. The highest BCUT2D eigenvalue weighted by atomic mass is 35.5. The Kier molecular flexibility index (Phi) is 3.67. The maximum absolute atomic E-state index is 6.34. The molecule has 0 radical (unpaired) electrons. The van der Waals surface area contributed by atoms with Gasteiger partial charge in [-0.05, 0) is 40.5 Å². The molecule has 0 amide bonds. The average molecular weight is 310 g/mol. The Morgan fingerprint density at radius 2 is 1.67 bits per heavy atom. The molecule has 21 heavy (non-hydrogen) atoms. The summed E-state index contributed by atoms with van der Waals surface area (Å²) in [6, 6.07) is 0. The topological polar surface area (TPSA) is 47.5 Å². The fourth-order valence-corrected chi connectivity index (χ4v) is 2.93. The number of anilines is 1. The van der Waals surface area contributed by atoms with E-state index >= 15 is 0 Å². The second-order valence-corrected chi connectivity index (χ2v) is 7.04. The molecule has 2 fully saturated rings. The summed E-state index contributed by atoms with van der Waals surface area (Å²) in [4.78, 5) is 10.8. The van der Waals surface area contributed by atoms with Crippen molar-refractivity contribution in [2.24, 2.45) is 0 Å². The molecule has 0 aromatic carbocycles. The fraction of sp³-hybridized carbons (Fsp3) is 0.714. The maximum atomic E-state index is 6.34. The first kappa shape index (κ1) is 15.1. The van der Waals surface area contributed by atoms with E-state index in [9.17, 15) is 0 Å². The van der Waals surface area contributed by atoms with Crippen molar-refractivity contribution in [3.8, 4) is 0 Å². The second kappa shape index (κ2) is 5.11. The predicted molar refractivity (Wildman–Crippen MR) is 84.2 cm³/mol. The molecule has 0 saturated carbocycles. The molecule has 0 N–H and O–H groups in total. The molecule has 0 atom stereocenters. The van der Waals surface area contributed by atoms with Crippen LogP contribution in [0.3, 0.4) is 0 Å². The van der Waals surface area contributed by atoms with Crippen molar-refractivity contribution >= 4 is 30.0 Å². The van der Waals surface area contributed by atoms with Gasteiger partial charge < -0.3 is 14.2 Å². The highest BCUT2D eigenvalue weighted by Crippen LogP contribution is 2.37. The van der Waals surface area contributed by atoms with Gasteiger partial charge in [0.25, 0.3) is 0 Å². The zero-order valence-electron chi connectivity index (χ0n) is 13.0. The lowest BCUT2D eigenvalue weighted by molar-refractivity contribution is 0.00578. The van der Waals surface area contributed by atoms with Gasteiger partial charge >= 0.3 is 7.12 Å². The van der Waals surface area contributed by atoms with E-state index in [0.717, 1.165) is 24.4 Å². The monoisotopic (exact) mass is 309 g/mol. The van der Waals surface area contributed by atoms with E-state index in [2.05, 4.69) is 14.9 Å². The normalized spacial score (nSPS) is 23.9. The minimum absolute atomic E-state index is 0.404. The first-order chi connectivity index (χ1) is 9.82. The quantitative estimate of drug-likeness (QED) is 0.618. The van der Waals surface area contributed by atoms with Crippen LogP contribution < -0.4 is 10.4 Å². The maximum Gasteiger partial charge on any atom is 0.501 e. The number of aromatic nitrogens is 2. The van der Waals surface area contributed by atoms with Crippen LogP contribution in [0.15, 0.2) is 6.33 Å². The Bertz CT molecular complexity index is 531. The fourth-order valence-electron chi connectivity index (χ4n) is 2.71. The third-order valence-corrected chi connectivity index (χ3v) is 5.01. The molecule has 7 heteroatoms. The van der Waals surface area contributed by atoms with E-state index < -0.39 is 18.3 Å². The number of hydrogen-bond acceptors (Lipinski definition) is 5. The van der Waals surface area contributed by atoms with Crippen molar-refractivity contribution in [3.05, 3.63) is 11.5 Å². The molecule has 1 aromatic rings. The lowest BCUT2D eigenvalue weighted by Crippen LogP contribution is -2.41. The van der Waals surface area contributed by atoms with E-state index in [4.69, 9.17) is 20.9 Å². The highest BCUT2D eigenvalue weighted by molar-refractivity contribution is 6.67. The summed E-state index contributed by atoms with van der Waals surface area (Å²) in [6.07, 6.45) is 3.85. The van der Waals surface area contributed by atoms with Gasteiger partial charge in [0, 0.05) is 13.1 Å². The van der Waals surface area contributed by atoms with Crippen molar-refractivity contribution in [1.29, 1.82) is 0 Å². The molecule has 0 bridgehead atoms. The molecule has 3 heterocycles. The molecular weight excluding hydrogens is 288 g/mol. The summed E-state index contributed by atoms with van der Waals surface area (Å²) in [5, 5.41) is 0.408. The van der Waals surface area contributed by atoms with Gasteiger partial charge in [-0.2, -0.15) is 0 Å². The molecule has 2 saturated heterocycles. The SMILES string of the molecule is CC1(C)OB(c2c(Cl)ncnc2N2CCCC2)OC1(C)C. The summed E-state index contributed by atoms with van der Waals surface area (Å²) in [5.74, 6) is 0.839. The number of hydrogen-bond donors (Lipinski definition) is 0. The molecule has 2 aliphatic heterocycles. The van der Waals surface area contributed by atoms with Crippen LogP contribution in [-0.2, 0) is 9.31 Å². The smallest absolute Gasteiger partial charge is 0.399 e. The molecular formula is C14H21BClN3O2. The van der Waals surface area contributed by atoms with E-state index in [1.165, 1.54) is 19.2 Å². The van der Waals surface area contributed by atoms with Crippen LogP contribution in [0.4, 0.5) is 5.82 Å². The zero-order valence-corrected chi connectivity index (χ0v) is 13.8. The van der Waals surface area contributed by atoms with E-state index in [1.54, 1.807) is 0 Å². The van der Waals surface area contributed by atoms with Crippen molar-refractivity contribution in [3.63, 3.8) is 0 Å². The van der Waals surface area contributed by atoms with Crippen LogP contribution >= 0.6 is 11.6 Å². The number of nitrogens with zero attached hydrogens (tertiary/aromatic N) is 3. The summed E-state index contributed by atoms with van der Waals surface area (Å²) in [6.45, 7) is 10.1. The van der Waals surface area contributed by atoms with Crippen LogP contribution in [0.25, 0.3) is 0 Å². The molecule has 0 spiro atoms. The van der Waals surface area contributed by atoms with E-state index in [1.807, 2.05) is 27.7 Å². The summed E-state index contributed by atoms with van der Waals surface area (Å²) < 4.78 is 12.2. The van der Waals surface area contributed by atoms with E-state index in [0.29, 0.717) is 5.15 Å². The third-order valence-electron chi connectivity index (χ3n) is 4.71.